The molecule has 0 bridgehead atoms. The molecule has 2 rings (SSSR count). The van der Waals surface area contributed by atoms with Gasteiger partial charge in [0.05, 0.1) is 17.7 Å². The number of hydrogen-bond donors (Lipinski definition) is 1. The number of aromatic carboxylic acids is 1. The van der Waals surface area contributed by atoms with E-state index in [4.69, 9.17) is 21.4 Å². The maximum Gasteiger partial charge on any atom is 0.336 e. The first-order chi connectivity index (χ1) is 8.63. The summed E-state index contributed by atoms with van der Waals surface area (Å²) in [6, 6.07) is 12.0. The molecule has 4 heteroatoms. The van der Waals surface area contributed by atoms with Crippen molar-refractivity contribution in [2.75, 3.05) is 7.11 Å². The summed E-state index contributed by atoms with van der Waals surface area (Å²) in [5.74, 6) is -0.397. The molecule has 2 aromatic carbocycles. The SMILES string of the molecule is COc1ccc(-c2ccccc2C(=O)O)cc1Cl. The average Bonchev–Trinajstić information content (AvgIpc) is 2.38. The van der Waals surface area contributed by atoms with E-state index in [0.29, 0.717) is 16.3 Å². The van der Waals surface area contributed by atoms with Crippen molar-refractivity contribution in [3.8, 4) is 16.9 Å². The number of halogens is 1. The highest BCUT2D eigenvalue weighted by atomic mass is 35.5. The molecule has 0 spiro atoms. The molecule has 18 heavy (non-hydrogen) atoms. The Hall–Kier alpha value is -2.00. The fraction of sp³-hybridized carbons (Fsp3) is 0.0714. The highest BCUT2D eigenvalue weighted by molar-refractivity contribution is 6.32. The van der Waals surface area contributed by atoms with Crippen LogP contribution in [-0.4, -0.2) is 18.2 Å². The van der Waals surface area contributed by atoms with Crippen LogP contribution in [0.4, 0.5) is 0 Å². The van der Waals surface area contributed by atoms with Crippen LogP contribution in [0.5, 0.6) is 5.75 Å². The number of carboxylic acids is 1. The quantitative estimate of drug-likeness (QED) is 0.917. The van der Waals surface area contributed by atoms with Crippen LogP contribution >= 0.6 is 11.6 Å². The molecule has 0 aromatic heterocycles. The van der Waals surface area contributed by atoms with Crippen molar-refractivity contribution < 1.29 is 14.6 Å². The number of ether oxygens (including phenoxy) is 1. The van der Waals surface area contributed by atoms with Gasteiger partial charge in [-0.2, -0.15) is 0 Å². The molecule has 0 saturated heterocycles. The van der Waals surface area contributed by atoms with Gasteiger partial charge >= 0.3 is 5.97 Å². The van der Waals surface area contributed by atoms with Gasteiger partial charge in [-0.25, -0.2) is 4.79 Å². The summed E-state index contributed by atoms with van der Waals surface area (Å²) in [6.07, 6.45) is 0. The standard InChI is InChI=1S/C14H11ClO3/c1-18-13-7-6-9(8-12(13)15)10-4-2-3-5-11(10)14(16)17/h2-8H,1H3,(H,16,17). The Morgan fingerprint density at radius 3 is 2.56 bits per heavy atom. The van der Waals surface area contributed by atoms with E-state index in [9.17, 15) is 4.79 Å². The number of carbonyl (C=O) groups is 1. The van der Waals surface area contributed by atoms with Crippen molar-refractivity contribution in [3.63, 3.8) is 0 Å². The largest absolute Gasteiger partial charge is 0.495 e. The van der Waals surface area contributed by atoms with E-state index < -0.39 is 5.97 Å². The van der Waals surface area contributed by atoms with Gasteiger partial charge in [-0.3, -0.25) is 0 Å². The molecule has 0 saturated carbocycles. The second kappa shape index (κ2) is 5.10. The molecule has 2 aromatic rings. The number of rotatable bonds is 3. The molecule has 0 aliphatic rings. The lowest BCUT2D eigenvalue weighted by atomic mass is 10.00. The molecule has 1 N–H and O–H groups in total. The molecule has 92 valence electrons. The van der Waals surface area contributed by atoms with Crippen LogP contribution in [0.15, 0.2) is 42.5 Å². The Kier molecular flexibility index (Phi) is 3.53. The average molecular weight is 263 g/mol. The zero-order valence-corrected chi connectivity index (χ0v) is 10.4. The summed E-state index contributed by atoms with van der Waals surface area (Å²) in [5, 5.41) is 9.59. The number of methoxy groups -OCH3 is 1. The van der Waals surface area contributed by atoms with E-state index in [0.717, 1.165) is 5.56 Å². The minimum atomic E-state index is -0.961. The van der Waals surface area contributed by atoms with Gasteiger partial charge in [0.2, 0.25) is 0 Å². The van der Waals surface area contributed by atoms with Crippen LogP contribution in [0.3, 0.4) is 0 Å². The summed E-state index contributed by atoms with van der Waals surface area (Å²) in [4.78, 5) is 11.1. The Labute approximate surface area is 110 Å². The Morgan fingerprint density at radius 2 is 1.94 bits per heavy atom. The first-order valence-corrected chi connectivity index (χ1v) is 5.67. The normalized spacial score (nSPS) is 10.1. The Bertz CT molecular complexity index is 593. The van der Waals surface area contributed by atoms with E-state index in [1.54, 1.807) is 42.5 Å². The maximum atomic E-state index is 11.1. The van der Waals surface area contributed by atoms with Gasteiger partial charge in [0.25, 0.3) is 0 Å². The van der Waals surface area contributed by atoms with Gasteiger partial charge in [0.15, 0.2) is 0 Å². The fourth-order valence-corrected chi connectivity index (χ4v) is 2.01. The molecule has 0 atom stereocenters. The lowest BCUT2D eigenvalue weighted by molar-refractivity contribution is 0.0697. The molecular formula is C14H11ClO3. The molecule has 0 amide bonds. The topological polar surface area (TPSA) is 46.5 Å². The fourth-order valence-electron chi connectivity index (χ4n) is 1.76. The van der Waals surface area contributed by atoms with Crippen LogP contribution in [0, 0.1) is 0 Å². The molecule has 0 heterocycles. The lowest BCUT2D eigenvalue weighted by Gasteiger charge is -2.08. The van der Waals surface area contributed by atoms with Crippen LogP contribution in [0.1, 0.15) is 10.4 Å². The van der Waals surface area contributed by atoms with Gasteiger partial charge in [-0.05, 0) is 29.3 Å². The molecule has 0 fully saturated rings. The Balaban J connectivity index is 2.55. The molecule has 0 aliphatic heterocycles. The third-order valence-corrected chi connectivity index (χ3v) is 2.92. The first-order valence-electron chi connectivity index (χ1n) is 5.29. The number of benzene rings is 2. The predicted octanol–water partition coefficient (Wildman–Crippen LogP) is 3.71. The molecule has 0 aliphatic carbocycles. The molecule has 3 nitrogen and oxygen atoms in total. The third kappa shape index (κ3) is 2.31. The van der Waals surface area contributed by atoms with Crippen LogP contribution in [0.2, 0.25) is 5.02 Å². The smallest absolute Gasteiger partial charge is 0.336 e. The van der Waals surface area contributed by atoms with Crippen LogP contribution in [0.25, 0.3) is 11.1 Å². The summed E-state index contributed by atoms with van der Waals surface area (Å²) >= 11 is 6.04. The van der Waals surface area contributed by atoms with Gasteiger partial charge in [-0.15, -0.1) is 0 Å². The van der Waals surface area contributed by atoms with Crippen LogP contribution < -0.4 is 4.74 Å². The second-order valence-corrected chi connectivity index (χ2v) is 4.11. The monoisotopic (exact) mass is 262 g/mol. The summed E-state index contributed by atoms with van der Waals surface area (Å²) in [7, 11) is 1.53. The van der Waals surface area contributed by atoms with Crippen molar-refractivity contribution in [2.24, 2.45) is 0 Å². The van der Waals surface area contributed by atoms with Crippen molar-refractivity contribution >= 4 is 17.6 Å². The third-order valence-electron chi connectivity index (χ3n) is 2.62. The predicted molar refractivity (Wildman–Crippen MR) is 70.4 cm³/mol. The van der Waals surface area contributed by atoms with E-state index in [2.05, 4.69) is 0 Å². The highest BCUT2D eigenvalue weighted by Gasteiger charge is 2.12. The second-order valence-electron chi connectivity index (χ2n) is 3.70. The summed E-state index contributed by atoms with van der Waals surface area (Å²) < 4.78 is 5.07. The zero-order valence-electron chi connectivity index (χ0n) is 9.68. The molecular weight excluding hydrogens is 252 g/mol. The maximum absolute atomic E-state index is 11.1. The molecule has 0 unspecified atom stereocenters. The van der Waals surface area contributed by atoms with Crippen molar-refractivity contribution in [1.82, 2.24) is 0 Å². The lowest BCUT2D eigenvalue weighted by Crippen LogP contribution is -1.99. The van der Waals surface area contributed by atoms with Gasteiger partial charge in [0, 0.05) is 0 Å². The summed E-state index contributed by atoms with van der Waals surface area (Å²) in [6.45, 7) is 0. The number of hydrogen-bond acceptors (Lipinski definition) is 2. The van der Waals surface area contributed by atoms with Crippen molar-refractivity contribution in [3.05, 3.63) is 53.1 Å². The first kappa shape index (κ1) is 12.5. The number of carboxylic acid groups (broad SMARTS) is 1. The van der Waals surface area contributed by atoms with E-state index in [-0.39, 0.29) is 5.56 Å². The zero-order chi connectivity index (χ0) is 13.1. The summed E-state index contributed by atoms with van der Waals surface area (Å²) in [5.41, 5.74) is 1.63. The van der Waals surface area contributed by atoms with Crippen LogP contribution in [-0.2, 0) is 0 Å². The van der Waals surface area contributed by atoms with E-state index in [1.807, 2.05) is 0 Å². The molecule has 0 radical (unpaired) electrons. The van der Waals surface area contributed by atoms with Gasteiger partial charge in [0.1, 0.15) is 5.75 Å². The van der Waals surface area contributed by atoms with Crippen molar-refractivity contribution in [1.29, 1.82) is 0 Å². The van der Waals surface area contributed by atoms with Gasteiger partial charge in [-0.1, -0.05) is 35.9 Å². The highest BCUT2D eigenvalue weighted by Crippen LogP contribution is 2.31. The minimum absolute atomic E-state index is 0.249. The Morgan fingerprint density at radius 1 is 1.22 bits per heavy atom. The van der Waals surface area contributed by atoms with Gasteiger partial charge < -0.3 is 9.84 Å². The minimum Gasteiger partial charge on any atom is -0.495 e. The van der Waals surface area contributed by atoms with E-state index in [1.165, 1.54) is 7.11 Å². The van der Waals surface area contributed by atoms with Crippen molar-refractivity contribution in [2.45, 2.75) is 0 Å². The van der Waals surface area contributed by atoms with E-state index >= 15 is 0 Å².